The minimum absolute atomic E-state index is 0.0712. The van der Waals surface area contributed by atoms with Crippen LogP contribution in [-0.2, 0) is 21.8 Å². The normalized spacial score (nSPS) is 20.8. The van der Waals surface area contributed by atoms with Crippen LogP contribution in [0.3, 0.4) is 0 Å². The van der Waals surface area contributed by atoms with Crippen molar-refractivity contribution in [2.45, 2.75) is 50.0 Å². The van der Waals surface area contributed by atoms with Crippen LogP contribution in [-0.4, -0.2) is 74.9 Å². The van der Waals surface area contributed by atoms with Crippen LogP contribution in [0.5, 0.6) is 5.75 Å². The third-order valence-corrected chi connectivity index (χ3v) is 9.97. The fourth-order valence-corrected chi connectivity index (χ4v) is 6.62. The third kappa shape index (κ3) is 7.12. The van der Waals surface area contributed by atoms with Crippen molar-refractivity contribution in [3.05, 3.63) is 120 Å². The first-order valence-electron chi connectivity index (χ1n) is 16.9. The van der Waals surface area contributed by atoms with Crippen molar-refractivity contribution in [1.82, 2.24) is 24.1 Å². The van der Waals surface area contributed by atoms with Gasteiger partial charge < -0.3 is 24.0 Å². The van der Waals surface area contributed by atoms with Crippen LogP contribution in [0.2, 0.25) is 0 Å². The summed E-state index contributed by atoms with van der Waals surface area (Å²) in [6.07, 6.45) is 5.88. The van der Waals surface area contributed by atoms with E-state index in [4.69, 9.17) is 26.8 Å². The molecule has 0 amide bonds. The maximum absolute atomic E-state index is 12.8. The molecule has 4 heterocycles. The van der Waals surface area contributed by atoms with E-state index in [1.807, 2.05) is 78.5 Å². The number of hydrogen-bond donors (Lipinski definition) is 1. The van der Waals surface area contributed by atoms with E-state index in [2.05, 4.69) is 51.2 Å². The average Bonchev–Trinajstić information content (AvgIpc) is 3.92. The Morgan fingerprint density at radius 2 is 1.55 bits per heavy atom. The Labute approximate surface area is 292 Å². The molecule has 7 rings (SSSR count). The van der Waals surface area contributed by atoms with Crippen molar-refractivity contribution >= 4 is 24.0 Å². The zero-order valence-electron chi connectivity index (χ0n) is 27.9. The molecule has 256 valence electrons. The molecule has 2 aliphatic rings. The minimum Gasteiger partial charge on any atom is -0.492 e. The summed E-state index contributed by atoms with van der Waals surface area (Å²) < 4.78 is 24.0. The van der Waals surface area contributed by atoms with Crippen LogP contribution >= 0.6 is 12.6 Å². The molecule has 0 radical (unpaired) electrons. The summed E-state index contributed by atoms with van der Waals surface area (Å²) in [6.45, 7) is 8.91. The van der Waals surface area contributed by atoms with E-state index >= 15 is 0 Å². The van der Waals surface area contributed by atoms with Gasteiger partial charge in [-0.25, -0.2) is 14.0 Å². The number of thiol groups is 1. The lowest BCUT2D eigenvalue weighted by atomic mass is 10.1. The van der Waals surface area contributed by atoms with Gasteiger partial charge in [-0.05, 0) is 67.9 Å². The number of anilines is 2. The van der Waals surface area contributed by atoms with Gasteiger partial charge in [-0.2, -0.15) is 22.8 Å². The first-order chi connectivity index (χ1) is 23.9. The van der Waals surface area contributed by atoms with Gasteiger partial charge in [-0.1, -0.05) is 37.3 Å². The summed E-state index contributed by atoms with van der Waals surface area (Å²) in [5, 5.41) is 8.49. The molecule has 3 aromatic carbocycles. The molecule has 2 saturated heterocycles. The lowest BCUT2D eigenvalue weighted by Gasteiger charge is -2.37. The highest BCUT2D eigenvalue weighted by Crippen LogP contribution is 2.38. The van der Waals surface area contributed by atoms with E-state index in [1.165, 1.54) is 5.69 Å². The lowest BCUT2D eigenvalue weighted by molar-refractivity contribution is -0.188. The van der Waals surface area contributed by atoms with Crippen LogP contribution in [0.15, 0.2) is 108 Å². The number of rotatable bonds is 12. The number of nitrogens with zero attached hydrogens (tertiary/aromatic N) is 7. The SMILES string of the molecule is CC[C@H](C)n1ncn(-c2ccc(N3CCN(c4ccc(OCC(S)[C@H]5CO[C@](Cn6cccn6)(c6ccccc6)O5)cc4)CC3)cc2)c1=O. The highest BCUT2D eigenvalue weighted by Gasteiger charge is 2.46. The second kappa shape index (κ2) is 14.5. The molecule has 2 fully saturated rings. The van der Waals surface area contributed by atoms with Crippen LogP contribution in [0.4, 0.5) is 11.4 Å². The molecular formula is C37H43N7O4S. The topological polar surface area (TPSA) is 91.8 Å². The molecule has 2 aromatic heterocycles. The van der Waals surface area contributed by atoms with Gasteiger partial charge in [0.2, 0.25) is 5.79 Å². The summed E-state index contributed by atoms with van der Waals surface area (Å²) >= 11 is 4.86. The number of aromatic nitrogens is 5. The van der Waals surface area contributed by atoms with E-state index in [0.717, 1.165) is 55.3 Å². The Kier molecular flexibility index (Phi) is 9.79. The third-order valence-electron chi connectivity index (χ3n) is 9.49. The maximum atomic E-state index is 12.8. The molecular weight excluding hydrogens is 639 g/mol. The van der Waals surface area contributed by atoms with Crippen molar-refractivity contribution in [2.24, 2.45) is 0 Å². The molecule has 5 aromatic rings. The first kappa shape index (κ1) is 33.0. The zero-order chi connectivity index (χ0) is 33.8. The van der Waals surface area contributed by atoms with Gasteiger partial charge in [-0.15, -0.1) is 0 Å². The standard InChI is InChI=1S/C37H43N7O4S/c1-3-28(2)44-36(45)43(27-39-44)32-12-10-30(11-13-32)40-20-22-41(23-21-40)31-14-16-33(17-15-31)46-25-35(49)34-24-47-37(48-34,26-42-19-7-18-38-42)29-8-5-4-6-9-29/h4-19,27-28,34-35,49H,3,20-26H2,1-2H3/t28-,34+,35?,37-/m0/s1. The van der Waals surface area contributed by atoms with Crippen molar-refractivity contribution in [3.8, 4) is 11.4 Å². The Morgan fingerprint density at radius 3 is 2.18 bits per heavy atom. The van der Waals surface area contributed by atoms with E-state index in [1.54, 1.807) is 21.8 Å². The molecule has 2 aliphatic heterocycles. The molecule has 0 saturated carbocycles. The van der Waals surface area contributed by atoms with Gasteiger partial charge in [0.1, 0.15) is 18.7 Å². The predicted molar refractivity (Wildman–Crippen MR) is 193 cm³/mol. The predicted octanol–water partition coefficient (Wildman–Crippen LogP) is 5.17. The summed E-state index contributed by atoms with van der Waals surface area (Å²) in [7, 11) is 0. The highest BCUT2D eigenvalue weighted by molar-refractivity contribution is 7.81. The number of benzene rings is 3. The van der Waals surface area contributed by atoms with Gasteiger partial charge in [0.25, 0.3) is 0 Å². The molecule has 1 unspecified atom stereocenters. The zero-order valence-corrected chi connectivity index (χ0v) is 28.8. The Balaban J connectivity index is 0.903. The second-order valence-corrected chi connectivity index (χ2v) is 13.3. The van der Waals surface area contributed by atoms with Crippen molar-refractivity contribution in [2.75, 3.05) is 49.2 Å². The summed E-state index contributed by atoms with van der Waals surface area (Å²) in [6, 6.07) is 28.4. The van der Waals surface area contributed by atoms with Gasteiger partial charge in [0.15, 0.2) is 0 Å². The van der Waals surface area contributed by atoms with E-state index in [-0.39, 0.29) is 23.1 Å². The molecule has 12 heteroatoms. The molecule has 0 N–H and O–H groups in total. The van der Waals surface area contributed by atoms with Gasteiger partial charge in [0.05, 0.1) is 36.2 Å². The Morgan fingerprint density at radius 1 is 0.898 bits per heavy atom. The van der Waals surface area contributed by atoms with Crippen LogP contribution in [0.25, 0.3) is 5.69 Å². The van der Waals surface area contributed by atoms with E-state index < -0.39 is 5.79 Å². The molecule has 0 bridgehead atoms. The van der Waals surface area contributed by atoms with Gasteiger partial charge in [0, 0.05) is 55.5 Å². The highest BCUT2D eigenvalue weighted by atomic mass is 32.1. The molecule has 0 aliphatic carbocycles. The Bertz CT molecular complexity index is 1840. The number of hydrogen-bond acceptors (Lipinski definition) is 9. The number of piperazine rings is 1. The average molecular weight is 682 g/mol. The molecule has 4 atom stereocenters. The molecule has 0 spiro atoms. The largest absolute Gasteiger partial charge is 0.492 e. The van der Waals surface area contributed by atoms with E-state index in [0.29, 0.717) is 19.8 Å². The minimum atomic E-state index is -0.938. The summed E-state index contributed by atoms with van der Waals surface area (Å²) in [4.78, 5) is 17.6. The van der Waals surface area contributed by atoms with Gasteiger partial charge >= 0.3 is 5.69 Å². The first-order valence-corrected chi connectivity index (χ1v) is 17.5. The Hall–Kier alpha value is -4.52. The fraction of sp³-hybridized carbons (Fsp3) is 0.378. The molecule has 49 heavy (non-hydrogen) atoms. The van der Waals surface area contributed by atoms with Crippen LogP contribution in [0.1, 0.15) is 31.9 Å². The van der Waals surface area contributed by atoms with Crippen molar-refractivity contribution < 1.29 is 14.2 Å². The summed E-state index contributed by atoms with van der Waals surface area (Å²) in [5.41, 5.74) is 3.98. The fourth-order valence-electron chi connectivity index (χ4n) is 6.40. The van der Waals surface area contributed by atoms with E-state index in [9.17, 15) is 4.79 Å². The maximum Gasteiger partial charge on any atom is 0.350 e. The monoisotopic (exact) mass is 681 g/mol. The quantitative estimate of drug-likeness (QED) is 0.181. The number of ether oxygens (including phenoxy) is 3. The lowest BCUT2D eigenvalue weighted by Crippen LogP contribution is -2.46. The van der Waals surface area contributed by atoms with Crippen LogP contribution in [0, 0.1) is 0 Å². The second-order valence-electron chi connectivity index (χ2n) is 12.6. The smallest absolute Gasteiger partial charge is 0.350 e. The van der Waals surface area contributed by atoms with Gasteiger partial charge in [-0.3, -0.25) is 4.68 Å². The molecule has 11 nitrogen and oxygen atoms in total. The van der Waals surface area contributed by atoms with Crippen molar-refractivity contribution in [1.29, 1.82) is 0 Å². The van der Waals surface area contributed by atoms with Crippen molar-refractivity contribution in [3.63, 3.8) is 0 Å². The summed E-state index contributed by atoms with van der Waals surface area (Å²) in [5.74, 6) is -0.146. The van der Waals surface area contributed by atoms with Crippen LogP contribution < -0.4 is 20.2 Å².